The van der Waals surface area contributed by atoms with Crippen molar-refractivity contribution < 1.29 is 14.6 Å². The summed E-state index contributed by atoms with van der Waals surface area (Å²) in [4.78, 5) is 11.5. The zero-order chi connectivity index (χ0) is 15.8. The SMILES string of the molecule is COC(=O)c1cccc(CCc2cccc(CCCO)c2)c1. The first kappa shape index (κ1) is 16.2. The van der Waals surface area contributed by atoms with Crippen molar-refractivity contribution in [1.29, 1.82) is 0 Å². The third kappa shape index (κ3) is 4.71. The molecule has 2 aromatic carbocycles. The van der Waals surface area contributed by atoms with Gasteiger partial charge in [0.2, 0.25) is 0 Å². The Morgan fingerprint density at radius 1 is 0.955 bits per heavy atom. The lowest BCUT2D eigenvalue weighted by atomic mass is 10.00. The van der Waals surface area contributed by atoms with Gasteiger partial charge >= 0.3 is 5.97 Å². The van der Waals surface area contributed by atoms with Crippen LogP contribution in [-0.4, -0.2) is 24.8 Å². The van der Waals surface area contributed by atoms with Crippen LogP contribution in [0.25, 0.3) is 0 Å². The summed E-state index contributed by atoms with van der Waals surface area (Å²) in [5.74, 6) is -0.298. The van der Waals surface area contributed by atoms with Crippen LogP contribution in [0.3, 0.4) is 0 Å². The number of aryl methyl sites for hydroxylation is 3. The minimum absolute atomic E-state index is 0.227. The second kappa shape index (κ2) is 8.35. The van der Waals surface area contributed by atoms with E-state index in [0.717, 1.165) is 31.2 Å². The first-order chi connectivity index (χ1) is 10.7. The zero-order valence-electron chi connectivity index (χ0n) is 12.9. The molecule has 0 atom stereocenters. The second-order valence-electron chi connectivity index (χ2n) is 5.34. The van der Waals surface area contributed by atoms with Crippen molar-refractivity contribution in [3.63, 3.8) is 0 Å². The summed E-state index contributed by atoms with van der Waals surface area (Å²) >= 11 is 0. The van der Waals surface area contributed by atoms with E-state index in [1.165, 1.54) is 18.2 Å². The maximum atomic E-state index is 11.5. The van der Waals surface area contributed by atoms with Gasteiger partial charge in [0.25, 0.3) is 0 Å². The number of hydrogen-bond acceptors (Lipinski definition) is 3. The third-order valence-electron chi connectivity index (χ3n) is 3.67. The highest BCUT2D eigenvalue weighted by atomic mass is 16.5. The second-order valence-corrected chi connectivity index (χ2v) is 5.34. The van der Waals surface area contributed by atoms with Crippen molar-refractivity contribution in [2.75, 3.05) is 13.7 Å². The van der Waals surface area contributed by atoms with Crippen LogP contribution in [0.5, 0.6) is 0 Å². The Labute approximate surface area is 131 Å². The number of aliphatic hydroxyl groups excluding tert-OH is 1. The van der Waals surface area contributed by atoms with Gasteiger partial charge < -0.3 is 9.84 Å². The van der Waals surface area contributed by atoms with Crippen molar-refractivity contribution >= 4 is 5.97 Å². The van der Waals surface area contributed by atoms with E-state index in [0.29, 0.717) is 5.56 Å². The summed E-state index contributed by atoms with van der Waals surface area (Å²) in [5.41, 5.74) is 4.26. The molecule has 0 aromatic heterocycles. The molecule has 0 heterocycles. The number of methoxy groups -OCH3 is 1. The molecule has 0 aliphatic carbocycles. The Bertz CT molecular complexity index is 620. The van der Waals surface area contributed by atoms with Gasteiger partial charge in [0.1, 0.15) is 0 Å². The van der Waals surface area contributed by atoms with E-state index in [-0.39, 0.29) is 12.6 Å². The minimum atomic E-state index is -0.298. The Hall–Kier alpha value is -2.13. The van der Waals surface area contributed by atoms with Crippen LogP contribution in [0.15, 0.2) is 48.5 Å². The van der Waals surface area contributed by atoms with Gasteiger partial charge in [-0.15, -0.1) is 0 Å². The van der Waals surface area contributed by atoms with E-state index < -0.39 is 0 Å². The van der Waals surface area contributed by atoms with Crippen LogP contribution in [0.1, 0.15) is 33.5 Å². The number of carbonyl (C=O) groups excluding carboxylic acids is 1. The molecule has 0 aliphatic heterocycles. The lowest BCUT2D eigenvalue weighted by Crippen LogP contribution is -2.02. The molecule has 0 saturated heterocycles. The van der Waals surface area contributed by atoms with Crippen LogP contribution >= 0.6 is 0 Å². The van der Waals surface area contributed by atoms with Crippen molar-refractivity contribution in [2.24, 2.45) is 0 Å². The fraction of sp³-hybridized carbons (Fsp3) is 0.316. The van der Waals surface area contributed by atoms with E-state index in [2.05, 4.69) is 24.3 Å². The topological polar surface area (TPSA) is 46.5 Å². The van der Waals surface area contributed by atoms with Crippen LogP contribution in [-0.2, 0) is 24.0 Å². The van der Waals surface area contributed by atoms with E-state index in [4.69, 9.17) is 9.84 Å². The molecule has 2 rings (SSSR count). The summed E-state index contributed by atoms with van der Waals surface area (Å²) in [6.45, 7) is 0.227. The Balaban J connectivity index is 1.99. The van der Waals surface area contributed by atoms with Gasteiger partial charge in [-0.05, 0) is 54.5 Å². The molecule has 0 fully saturated rings. The molecular weight excluding hydrogens is 276 g/mol. The van der Waals surface area contributed by atoms with Gasteiger partial charge in [0, 0.05) is 6.61 Å². The van der Waals surface area contributed by atoms with E-state index >= 15 is 0 Å². The van der Waals surface area contributed by atoms with Crippen LogP contribution in [0.4, 0.5) is 0 Å². The highest BCUT2D eigenvalue weighted by molar-refractivity contribution is 5.89. The van der Waals surface area contributed by atoms with Gasteiger partial charge in [-0.25, -0.2) is 4.79 Å². The predicted molar refractivity (Wildman–Crippen MR) is 87.0 cm³/mol. The first-order valence-corrected chi connectivity index (χ1v) is 7.59. The summed E-state index contributed by atoms with van der Waals surface area (Å²) in [6.07, 6.45) is 3.51. The number of aliphatic hydroxyl groups is 1. The number of benzene rings is 2. The monoisotopic (exact) mass is 298 g/mol. The zero-order valence-corrected chi connectivity index (χ0v) is 12.9. The molecule has 0 radical (unpaired) electrons. The average Bonchev–Trinajstić information content (AvgIpc) is 2.58. The molecule has 0 spiro atoms. The number of rotatable bonds is 7. The minimum Gasteiger partial charge on any atom is -0.465 e. The molecule has 0 unspecified atom stereocenters. The molecule has 3 heteroatoms. The van der Waals surface area contributed by atoms with E-state index in [9.17, 15) is 4.79 Å². The summed E-state index contributed by atoms with van der Waals surface area (Å²) in [5, 5.41) is 8.90. The smallest absolute Gasteiger partial charge is 0.337 e. The number of esters is 1. The molecule has 0 amide bonds. The Morgan fingerprint density at radius 3 is 2.18 bits per heavy atom. The fourth-order valence-electron chi connectivity index (χ4n) is 2.48. The van der Waals surface area contributed by atoms with Crippen molar-refractivity contribution in [2.45, 2.75) is 25.7 Å². The molecule has 0 bridgehead atoms. The summed E-state index contributed by atoms with van der Waals surface area (Å²) in [6, 6.07) is 16.0. The Morgan fingerprint density at radius 2 is 1.55 bits per heavy atom. The number of carbonyl (C=O) groups is 1. The maximum absolute atomic E-state index is 11.5. The maximum Gasteiger partial charge on any atom is 0.337 e. The van der Waals surface area contributed by atoms with Gasteiger partial charge in [0.15, 0.2) is 0 Å². The van der Waals surface area contributed by atoms with E-state index in [1.54, 1.807) is 6.07 Å². The average molecular weight is 298 g/mol. The van der Waals surface area contributed by atoms with Gasteiger partial charge in [-0.1, -0.05) is 36.4 Å². The highest BCUT2D eigenvalue weighted by Crippen LogP contribution is 2.13. The fourth-order valence-corrected chi connectivity index (χ4v) is 2.48. The van der Waals surface area contributed by atoms with Gasteiger partial charge in [-0.3, -0.25) is 0 Å². The molecule has 0 saturated carbocycles. The van der Waals surface area contributed by atoms with Gasteiger partial charge in [-0.2, -0.15) is 0 Å². The third-order valence-corrected chi connectivity index (χ3v) is 3.67. The van der Waals surface area contributed by atoms with Crippen molar-refractivity contribution in [3.05, 3.63) is 70.8 Å². The van der Waals surface area contributed by atoms with E-state index in [1.807, 2.05) is 18.2 Å². The largest absolute Gasteiger partial charge is 0.465 e. The molecule has 0 aliphatic rings. The number of ether oxygens (including phenoxy) is 1. The first-order valence-electron chi connectivity index (χ1n) is 7.59. The lowest BCUT2D eigenvalue weighted by Gasteiger charge is -2.06. The summed E-state index contributed by atoms with van der Waals surface area (Å²) in [7, 11) is 1.40. The van der Waals surface area contributed by atoms with Crippen LogP contribution in [0, 0.1) is 0 Å². The molecule has 3 nitrogen and oxygen atoms in total. The quantitative estimate of drug-likeness (QED) is 0.799. The Kier molecular flexibility index (Phi) is 6.16. The molecule has 22 heavy (non-hydrogen) atoms. The normalized spacial score (nSPS) is 10.5. The van der Waals surface area contributed by atoms with Gasteiger partial charge in [0.05, 0.1) is 12.7 Å². The van der Waals surface area contributed by atoms with Crippen LogP contribution < -0.4 is 0 Å². The highest BCUT2D eigenvalue weighted by Gasteiger charge is 2.05. The number of hydrogen-bond donors (Lipinski definition) is 1. The molecule has 116 valence electrons. The standard InChI is InChI=1S/C19H22O3/c1-22-19(21)18-9-3-7-17(14-18)11-10-16-6-2-5-15(13-16)8-4-12-20/h2-3,5-7,9,13-14,20H,4,8,10-12H2,1H3. The molecule has 1 N–H and O–H groups in total. The molecular formula is C19H22O3. The predicted octanol–water partition coefficient (Wildman–Crippen LogP) is 3.18. The lowest BCUT2D eigenvalue weighted by molar-refractivity contribution is 0.0600. The molecule has 2 aromatic rings. The van der Waals surface area contributed by atoms with Crippen LogP contribution in [0.2, 0.25) is 0 Å². The summed E-state index contributed by atoms with van der Waals surface area (Å²) < 4.78 is 4.75. The van der Waals surface area contributed by atoms with Crippen molar-refractivity contribution in [1.82, 2.24) is 0 Å². The van der Waals surface area contributed by atoms with Crippen molar-refractivity contribution in [3.8, 4) is 0 Å².